The van der Waals surface area contributed by atoms with Gasteiger partial charge < -0.3 is 35.1 Å². The summed E-state index contributed by atoms with van der Waals surface area (Å²) in [5, 5.41) is 21.1. The molecule has 4 aromatic heterocycles. The normalized spacial score (nSPS) is 19.3. The number of aliphatic hydroxyl groups is 2. The van der Waals surface area contributed by atoms with E-state index >= 15 is 0 Å². The number of nitrogen functional groups attached to an aromatic ring is 1. The second-order valence-corrected chi connectivity index (χ2v) is 13.2. The molecule has 5 atom stereocenters. The minimum Gasteiger partial charge on any atom is -0.487 e. The number of H-pyrrole nitrogens is 1. The van der Waals surface area contributed by atoms with Crippen molar-refractivity contribution in [2.24, 2.45) is 14.1 Å². The summed E-state index contributed by atoms with van der Waals surface area (Å²) in [4.78, 5) is 44.1. The average Bonchev–Trinajstić information content (AvgIpc) is 3.66. The van der Waals surface area contributed by atoms with Crippen molar-refractivity contribution < 1.29 is 56.9 Å². The fourth-order valence-electron chi connectivity index (χ4n) is 5.47. The number of rotatable bonds is 18. The van der Waals surface area contributed by atoms with Crippen molar-refractivity contribution >= 4 is 31.2 Å². The van der Waals surface area contributed by atoms with Gasteiger partial charge in [-0.3, -0.25) is 23.7 Å². The predicted molar refractivity (Wildman–Crippen MR) is 174 cm³/mol. The van der Waals surface area contributed by atoms with Crippen molar-refractivity contribution in [1.29, 1.82) is 0 Å². The van der Waals surface area contributed by atoms with Crippen molar-refractivity contribution in [3.05, 3.63) is 64.7 Å². The third-order valence-electron chi connectivity index (χ3n) is 8.12. The van der Waals surface area contributed by atoms with E-state index in [0.29, 0.717) is 30.4 Å². The lowest BCUT2D eigenvalue weighted by molar-refractivity contribution is -0.686. The Labute approximate surface area is 286 Å². The van der Waals surface area contributed by atoms with Crippen LogP contribution in [0.3, 0.4) is 0 Å². The average molecular weight is 720 g/mol. The fraction of sp³-hybridized carbons (Fsp3) is 0.484. The first-order valence-electron chi connectivity index (χ1n) is 16.0. The summed E-state index contributed by atoms with van der Waals surface area (Å²) in [6, 6.07) is 6.72. The Bertz CT molecular complexity index is 1890. The highest BCUT2D eigenvalue weighted by molar-refractivity contribution is 7.47. The summed E-state index contributed by atoms with van der Waals surface area (Å²) in [5.41, 5.74) is 5.95. The Morgan fingerprint density at radius 2 is 1.90 bits per heavy atom. The number of phosphoric acid groups is 1. The zero-order valence-corrected chi connectivity index (χ0v) is 28.6. The number of nitrogens with two attached hydrogens (primary N) is 1. The Balaban J connectivity index is 1.01. The predicted octanol–water partition coefficient (Wildman–Crippen LogP) is 1.04. The number of anilines is 1. The molecule has 2 unspecified atom stereocenters. The first kappa shape index (κ1) is 37.0. The number of fused-ring (bicyclic) bond motifs is 1. The number of nitrogens with zero attached hydrogens (tertiary/aromatic N) is 5. The monoisotopic (exact) mass is 719 g/mol. The lowest BCUT2D eigenvalue weighted by Gasteiger charge is -2.19. The molecule has 18 nitrogen and oxygen atoms in total. The Morgan fingerprint density at radius 1 is 1.16 bits per heavy atom. The molecule has 1 saturated heterocycles. The topological polar surface area (TPSA) is 238 Å². The summed E-state index contributed by atoms with van der Waals surface area (Å²) < 4.78 is 44.7. The molecule has 0 aliphatic carbocycles. The van der Waals surface area contributed by atoms with E-state index in [4.69, 9.17) is 29.0 Å². The van der Waals surface area contributed by atoms with Crippen LogP contribution in [0.2, 0.25) is 0 Å². The number of hydrogen-bond acceptors (Lipinski definition) is 13. The second-order valence-electron chi connectivity index (χ2n) is 11.8. The van der Waals surface area contributed by atoms with Crippen molar-refractivity contribution in [2.75, 3.05) is 25.6 Å². The summed E-state index contributed by atoms with van der Waals surface area (Å²) in [5.74, 6) is 0.996. The highest BCUT2D eigenvalue weighted by Crippen LogP contribution is 2.47. The minimum absolute atomic E-state index is 0.0340. The van der Waals surface area contributed by atoms with Gasteiger partial charge in [-0.15, -0.1) is 0 Å². The van der Waals surface area contributed by atoms with E-state index in [9.17, 15) is 29.3 Å². The van der Waals surface area contributed by atoms with Gasteiger partial charge in [-0.05, 0) is 25.0 Å². The molecule has 5 heterocycles. The number of imidazole rings is 1. The molecule has 1 fully saturated rings. The number of nitrogens with one attached hydrogen (secondary N) is 1. The van der Waals surface area contributed by atoms with Gasteiger partial charge in [0, 0.05) is 18.6 Å². The SMILES string of the molecule is C[n+]1cc(OCCCCCCCOc2ccc[n+](C)c2C=O)ccc1C(O)OP(=O)(O)OC[C@H]1O[C@@H](n2cnc3c(=O)[nH]c(N)nc32)C[C@@H]1O. The van der Waals surface area contributed by atoms with Gasteiger partial charge in [-0.2, -0.15) is 14.1 Å². The summed E-state index contributed by atoms with van der Waals surface area (Å²) in [6.45, 7) is 0.469. The number of unbranched alkanes of at least 4 members (excludes halogenated alkanes) is 4. The first-order valence-corrected chi connectivity index (χ1v) is 17.5. The maximum Gasteiger partial charge on any atom is 0.475 e. The standard InChI is InChI=1S/C31H40N7O11P/c1-36-12-8-9-24(22(36)17-39)46-14-7-5-3-4-6-13-45-20-10-11-21(37(2)16-20)30(42)49-50(43,44)47-18-25-23(40)15-26(48-25)38-19-33-27-28(38)34-31(32)35-29(27)41/h8-12,16-17,19,23,25-26,30,40,42H,3-7,13-15,18H2,1-2H3,(H2-2,32,34,35,41,43,44)/p+2/t23-,25+,26+,30?/m0/s1. The van der Waals surface area contributed by atoms with Crippen LogP contribution < -0.4 is 29.9 Å². The van der Waals surface area contributed by atoms with E-state index in [1.807, 2.05) is 6.07 Å². The molecule has 0 aromatic carbocycles. The fourth-order valence-corrected chi connectivity index (χ4v) is 6.23. The van der Waals surface area contributed by atoms with Gasteiger partial charge in [0.25, 0.3) is 17.5 Å². The van der Waals surface area contributed by atoms with E-state index in [-0.39, 0.29) is 29.2 Å². The van der Waals surface area contributed by atoms with Gasteiger partial charge in [-0.1, -0.05) is 19.3 Å². The zero-order chi connectivity index (χ0) is 35.8. The van der Waals surface area contributed by atoms with Crippen LogP contribution in [0.15, 0.2) is 47.8 Å². The summed E-state index contributed by atoms with van der Waals surface area (Å²) in [6.07, 6.45) is 5.41. The number of carbonyl (C=O) groups is 1. The van der Waals surface area contributed by atoms with E-state index in [1.165, 1.54) is 21.5 Å². The van der Waals surface area contributed by atoms with Gasteiger partial charge in [-0.25, -0.2) is 14.1 Å². The third kappa shape index (κ3) is 9.28. The van der Waals surface area contributed by atoms with Gasteiger partial charge in [0.05, 0.1) is 32.3 Å². The number of aryl methyl sites for hydroxylation is 2. The molecule has 50 heavy (non-hydrogen) atoms. The van der Waals surface area contributed by atoms with Crippen LogP contribution in [0.25, 0.3) is 11.2 Å². The number of phosphoric ester groups is 1. The first-order chi connectivity index (χ1) is 24.0. The molecule has 0 bridgehead atoms. The van der Waals surface area contributed by atoms with E-state index in [0.717, 1.165) is 38.4 Å². The molecule has 270 valence electrons. The number of carbonyl (C=O) groups excluding carboxylic acids is 1. The molecular weight excluding hydrogens is 677 g/mol. The van der Waals surface area contributed by atoms with Gasteiger partial charge in [0.2, 0.25) is 24.1 Å². The largest absolute Gasteiger partial charge is 0.487 e. The van der Waals surface area contributed by atoms with Gasteiger partial charge >= 0.3 is 7.82 Å². The third-order valence-corrected chi connectivity index (χ3v) is 9.06. The molecular formula is C31H42N7O11P+2. The van der Waals surface area contributed by atoms with Crippen LogP contribution >= 0.6 is 7.82 Å². The summed E-state index contributed by atoms with van der Waals surface area (Å²) >= 11 is 0. The molecule has 0 saturated carbocycles. The number of aromatic nitrogens is 6. The lowest BCUT2D eigenvalue weighted by Crippen LogP contribution is -2.35. The molecule has 0 radical (unpaired) electrons. The highest BCUT2D eigenvalue weighted by Gasteiger charge is 2.39. The van der Waals surface area contributed by atoms with Crippen LogP contribution in [0, 0.1) is 0 Å². The van der Waals surface area contributed by atoms with Gasteiger partial charge in [0.15, 0.2) is 28.9 Å². The molecule has 5 rings (SSSR count). The molecule has 4 aromatic rings. The second kappa shape index (κ2) is 16.6. The molecule has 0 spiro atoms. The van der Waals surface area contributed by atoms with E-state index < -0.39 is 44.7 Å². The number of aromatic amines is 1. The van der Waals surface area contributed by atoms with Crippen molar-refractivity contribution in [1.82, 2.24) is 19.5 Å². The van der Waals surface area contributed by atoms with Gasteiger partial charge in [0.1, 0.15) is 26.4 Å². The number of aldehydes is 1. The van der Waals surface area contributed by atoms with Crippen molar-refractivity contribution in [3.63, 3.8) is 0 Å². The van der Waals surface area contributed by atoms with Crippen LogP contribution in [0.5, 0.6) is 11.5 Å². The smallest absolute Gasteiger partial charge is 0.475 e. The molecule has 1 aliphatic heterocycles. The number of ether oxygens (including phenoxy) is 3. The van der Waals surface area contributed by atoms with Crippen LogP contribution in [0.4, 0.5) is 5.95 Å². The lowest BCUT2D eigenvalue weighted by atomic mass is 10.1. The van der Waals surface area contributed by atoms with Crippen LogP contribution in [0.1, 0.15) is 67.2 Å². The maximum absolute atomic E-state index is 12.7. The molecule has 6 N–H and O–H groups in total. The number of pyridine rings is 2. The van der Waals surface area contributed by atoms with Crippen LogP contribution in [-0.4, -0.2) is 72.9 Å². The quantitative estimate of drug-likeness (QED) is 0.0318. The Kier molecular flexibility index (Phi) is 12.3. The minimum atomic E-state index is -4.82. The van der Waals surface area contributed by atoms with Crippen molar-refractivity contribution in [2.45, 2.75) is 63.3 Å². The van der Waals surface area contributed by atoms with E-state index in [2.05, 4.69) is 15.0 Å². The van der Waals surface area contributed by atoms with Crippen molar-refractivity contribution in [3.8, 4) is 11.5 Å². The Hall–Kier alpha value is -4.29. The molecule has 0 amide bonds. The number of hydrogen-bond donors (Lipinski definition) is 5. The highest BCUT2D eigenvalue weighted by atomic mass is 31.2. The summed E-state index contributed by atoms with van der Waals surface area (Å²) in [7, 11) is -1.40. The van der Waals surface area contributed by atoms with E-state index in [1.54, 1.807) is 43.2 Å². The number of aliphatic hydroxyl groups excluding tert-OH is 2. The molecule has 19 heteroatoms. The van der Waals surface area contributed by atoms with Crippen LogP contribution in [-0.2, 0) is 32.4 Å². The zero-order valence-electron chi connectivity index (χ0n) is 27.7. The maximum atomic E-state index is 12.7. The molecule has 1 aliphatic rings. The Morgan fingerprint density at radius 3 is 2.64 bits per heavy atom.